The number of ketones is 1. The van der Waals surface area contributed by atoms with Crippen molar-refractivity contribution in [3.63, 3.8) is 0 Å². The molecule has 0 rings (SSSR count). The summed E-state index contributed by atoms with van der Waals surface area (Å²) in [7, 11) is -3.45. The lowest BCUT2D eigenvalue weighted by atomic mass is 10.0. The fraction of sp³-hybridized carbons (Fsp3) is 0.875. The molecule has 0 aromatic rings. The Balaban J connectivity index is 4.03. The SMILES string of the molecule is CC(C)C(=O)C[C@@H](C)OS(C)(=O)=O. The molecule has 0 aromatic heterocycles. The summed E-state index contributed by atoms with van der Waals surface area (Å²) in [6.45, 7) is 5.12. The van der Waals surface area contributed by atoms with Gasteiger partial charge >= 0.3 is 0 Å². The molecule has 78 valence electrons. The average Bonchev–Trinajstić information content (AvgIpc) is 1.81. The van der Waals surface area contributed by atoms with E-state index in [4.69, 9.17) is 0 Å². The van der Waals surface area contributed by atoms with E-state index in [0.29, 0.717) is 0 Å². The van der Waals surface area contributed by atoms with Gasteiger partial charge in [-0.2, -0.15) is 8.42 Å². The van der Waals surface area contributed by atoms with E-state index in [-0.39, 0.29) is 18.1 Å². The third kappa shape index (κ3) is 6.72. The fourth-order valence-corrected chi connectivity index (χ4v) is 1.52. The minimum Gasteiger partial charge on any atom is -0.299 e. The number of carbonyl (C=O) groups is 1. The Morgan fingerprint density at radius 2 is 1.77 bits per heavy atom. The monoisotopic (exact) mass is 208 g/mol. The molecule has 0 bridgehead atoms. The fourth-order valence-electron chi connectivity index (χ4n) is 0.851. The van der Waals surface area contributed by atoms with Crippen molar-refractivity contribution in [3.8, 4) is 0 Å². The van der Waals surface area contributed by atoms with E-state index in [9.17, 15) is 13.2 Å². The summed E-state index contributed by atoms with van der Waals surface area (Å²) in [6.07, 6.45) is 0.554. The average molecular weight is 208 g/mol. The van der Waals surface area contributed by atoms with Gasteiger partial charge in [0.1, 0.15) is 5.78 Å². The number of carbonyl (C=O) groups excluding carboxylic acids is 1. The summed E-state index contributed by atoms with van der Waals surface area (Å²) in [5.74, 6) is -0.0678. The van der Waals surface area contributed by atoms with Gasteiger partial charge in [0.05, 0.1) is 12.4 Å². The smallest absolute Gasteiger partial charge is 0.264 e. The highest BCUT2D eigenvalue weighted by Crippen LogP contribution is 2.07. The first-order valence-electron chi connectivity index (χ1n) is 4.13. The Bertz CT molecular complexity index is 266. The van der Waals surface area contributed by atoms with Crippen LogP contribution in [0.3, 0.4) is 0 Å². The maximum absolute atomic E-state index is 11.2. The maximum Gasteiger partial charge on any atom is 0.264 e. The zero-order valence-corrected chi connectivity index (χ0v) is 9.22. The van der Waals surface area contributed by atoms with Gasteiger partial charge in [-0.05, 0) is 6.92 Å². The lowest BCUT2D eigenvalue weighted by Gasteiger charge is -2.11. The van der Waals surface area contributed by atoms with Crippen molar-refractivity contribution >= 4 is 15.9 Å². The van der Waals surface area contributed by atoms with Gasteiger partial charge in [-0.1, -0.05) is 13.8 Å². The van der Waals surface area contributed by atoms with E-state index >= 15 is 0 Å². The van der Waals surface area contributed by atoms with Crippen LogP contribution in [-0.4, -0.2) is 26.6 Å². The number of hydrogen-bond donors (Lipinski definition) is 0. The van der Waals surface area contributed by atoms with Crippen LogP contribution in [0.4, 0.5) is 0 Å². The van der Waals surface area contributed by atoms with Crippen molar-refractivity contribution in [2.75, 3.05) is 6.26 Å². The first-order chi connectivity index (χ1) is 5.72. The van der Waals surface area contributed by atoms with Crippen LogP contribution in [0.5, 0.6) is 0 Å². The van der Waals surface area contributed by atoms with Gasteiger partial charge < -0.3 is 0 Å². The largest absolute Gasteiger partial charge is 0.299 e. The van der Waals surface area contributed by atoms with Crippen LogP contribution in [-0.2, 0) is 19.1 Å². The normalized spacial score (nSPS) is 14.5. The van der Waals surface area contributed by atoms with Crippen LogP contribution >= 0.6 is 0 Å². The summed E-state index contributed by atoms with van der Waals surface area (Å²) < 4.78 is 25.9. The van der Waals surface area contributed by atoms with Crippen LogP contribution in [0.25, 0.3) is 0 Å². The summed E-state index contributed by atoms with van der Waals surface area (Å²) >= 11 is 0. The second-order valence-electron chi connectivity index (χ2n) is 3.44. The van der Waals surface area contributed by atoms with Crippen molar-refractivity contribution in [3.05, 3.63) is 0 Å². The summed E-state index contributed by atoms with van der Waals surface area (Å²) in [5, 5.41) is 0. The minimum absolute atomic E-state index is 0.0103. The van der Waals surface area contributed by atoms with Crippen LogP contribution < -0.4 is 0 Å². The zero-order valence-electron chi connectivity index (χ0n) is 8.40. The lowest BCUT2D eigenvalue weighted by Crippen LogP contribution is -2.20. The molecule has 0 radical (unpaired) electrons. The molecule has 0 unspecified atom stereocenters. The second-order valence-corrected chi connectivity index (χ2v) is 5.04. The van der Waals surface area contributed by atoms with Crippen molar-refractivity contribution in [2.45, 2.75) is 33.3 Å². The standard InChI is InChI=1S/C8H16O4S/c1-6(2)8(9)5-7(3)12-13(4,10)11/h6-7H,5H2,1-4H3/t7-/m1/s1. The molecule has 0 aliphatic carbocycles. The van der Waals surface area contributed by atoms with E-state index in [0.717, 1.165) is 6.26 Å². The molecule has 0 aliphatic heterocycles. The molecule has 0 N–H and O–H groups in total. The molecular formula is C8H16O4S. The van der Waals surface area contributed by atoms with Crippen molar-refractivity contribution < 1.29 is 17.4 Å². The van der Waals surface area contributed by atoms with Gasteiger partial charge in [-0.15, -0.1) is 0 Å². The Kier molecular flexibility index (Phi) is 4.56. The molecule has 0 saturated carbocycles. The van der Waals surface area contributed by atoms with Crippen molar-refractivity contribution in [1.82, 2.24) is 0 Å². The minimum atomic E-state index is -3.45. The van der Waals surface area contributed by atoms with Gasteiger partial charge in [0.2, 0.25) is 0 Å². The van der Waals surface area contributed by atoms with E-state index in [1.54, 1.807) is 20.8 Å². The molecular weight excluding hydrogens is 192 g/mol. The second kappa shape index (κ2) is 4.72. The molecule has 0 spiro atoms. The van der Waals surface area contributed by atoms with Crippen molar-refractivity contribution in [2.24, 2.45) is 5.92 Å². The molecule has 0 saturated heterocycles. The zero-order chi connectivity index (χ0) is 10.6. The predicted octanol–water partition coefficient (Wildman–Crippen LogP) is 0.966. The highest BCUT2D eigenvalue weighted by Gasteiger charge is 2.16. The number of rotatable bonds is 5. The Hall–Kier alpha value is -0.420. The third-order valence-electron chi connectivity index (χ3n) is 1.47. The first-order valence-corrected chi connectivity index (χ1v) is 5.95. The van der Waals surface area contributed by atoms with Crippen LogP contribution in [0.15, 0.2) is 0 Å². The van der Waals surface area contributed by atoms with E-state index < -0.39 is 16.2 Å². The molecule has 13 heavy (non-hydrogen) atoms. The number of hydrogen-bond acceptors (Lipinski definition) is 4. The van der Waals surface area contributed by atoms with Crippen LogP contribution in [0.1, 0.15) is 27.2 Å². The highest BCUT2D eigenvalue weighted by atomic mass is 32.2. The molecule has 0 fully saturated rings. The predicted molar refractivity (Wildman–Crippen MR) is 49.9 cm³/mol. The van der Waals surface area contributed by atoms with Gasteiger partial charge in [-0.3, -0.25) is 8.98 Å². The lowest BCUT2D eigenvalue weighted by molar-refractivity contribution is -0.123. The molecule has 4 nitrogen and oxygen atoms in total. The summed E-state index contributed by atoms with van der Waals surface area (Å²) in [6, 6.07) is 0. The number of Topliss-reactive ketones (excluding diaryl/α,β-unsaturated/α-hetero) is 1. The van der Waals surface area contributed by atoms with E-state index in [2.05, 4.69) is 4.18 Å². The molecule has 0 amide bonds. The Labute approximate surface area is 79.4 Å². The van der Waals surface area contributed by atoms with Gasteiger partial charge in [0, 0.05) is 12.3 Å². The highest BCUT2D eigenvalue weighted by molar-refractivity contribution is 7.86. The van der Waals surface area contributed by atoms with Gasteiger partial charge in [0.25, 0.3) is 10.1 Å². The molecule has 5 heteroatoms. The van der Waals surface area contributed by atoms with E-state index in [1.165, 1.54) is 0 Å². The van der Waals surface area contributed by atoms with Gasteiger partial charge in [-0.25, -0.2) is 0 Å². The molecule has 0 heterocycles. The third-order valence-corrected chi connectivity index (χ3v) is 2.15. The maximum atomic E-state index is 11.2. The van der Waals surface area contributed by atoms with Crippen molar-refractivity contribution in [1.29, 1.82) is 0 Å². The van der Waals surface area contributed by atoms with Crippen LogP contribution in [0, 0.1) is 5.92 Å². The quantitative estimate of drug-likeness (QED) is 0.631. The Morgan fingerprint density at radius 1 is 1.31 bits per heavy atom. The first kappa shape index (κ1) is 12.6. The Morgan fingerprint density at radius 3 is 2.08 bits per heavy atom. The topological polar surface area (TPSA) is 60.4 Å². The molecule has 0 aliphatic rings. The molecule has 1 atom stereocenters. The summed E-state index contributed by atoms with van der Waals surface area (Å²) in [4.78, 5) is 11.2. The van der Waals surface area contributed by atoms with Gasteiger partial charge in [0.15, 0.2) is 0 Å². The van der Waals surface area contributed by atoms with Crippen LogP contribution in [0.2, 0.25) is 0 Å². The molecule has 0 aromatic carbocycles. The van der Waals surface area contributed by atoms with E-state index in [1.807, 2.05) is 0 Å². The summed E-state index contributed by atoms with van der Waals surface area (Å²) in [5.41, 5.74) is 0.